The van der Waals surface area contributed by atoms with Crippen LogP contribution >= 0.6 is 0 Å². The molecule has 0 saturated carbocycles. The molecule has 170 valence electrons. The van der Waals surface area contributed by atoms with Crippen molar-refractivity contribution < 1.29 is 29.2 Å². The van der Waals surface area contributed by atoms with E-state index in [0.717, 1.165) is 55.3 Å². The highest BCUT2D eigenvalue weighted by Gasteiger charge is 2.20. The number of rotatable bonds is 11. The van der Waals surface area contributed by atoms with E-state index in [9.17, 15) is 9.50 Å². The fourth-order valence-electron chi connectivity index (χ4n) is 3.84. The number of nitrogens with one attached hydrogen (secondary N) is 1. The Morgan fingerprint density at radius 3 is 2.68 bits per heavy atom. The Bertz CT molecular complexity index is 812. The SMILES string of the molecule is COc1ccc(C[NH2+]CCc2ccccc2F)c(OCC(O)CN2CC[NH+](C)CC2)c1. The third-order valence-electron chi connectivity index (χ3n) is 5.82. The van der Waals surface area contributed by atoms with Crippen molar-refractivity contribution >= 4 is 0 Å². The van der Waals surface area contributed by atoms with Crippen molar-refractivity contribution in [1.82, 2.24) is 4.90 Å². The molecule has 1 saturated heterocycles. The van der Waals surface area contributed by atoms with E-state index >= 15 is 0 Å². The van der Waals surface area contributed by atoms with Crippen molar-refractivity contribution in [2.45, 2.75) is 19.1 Å². The fourth-order valence-corrected chi connectivity index (χ4v) is 3.84. The summed E-state index contributed by atoms with van der Waals surface area (Å²) >= 11 is 0. The minimum absolute atomic E-state index is 0.153. The second-order valence-corrected chi connectivity index (χ2v) is 8.32. The summed E-state index contributed by atoms with van der Waals surface area (Å²) in [6.45, 7) is 6.59. The summed E-state index contributed by atoms with van der Waals surface area (Å²) in [5, 5.41) is 12.6. The van der Waals surface area contributed by atoms with Crippen molar-refractivity contribution in [3.05, 3.63) is 59.4 Å². The van der Waals surface area contributed by atoms with Gasteiger partial charge in [0.05, 0.1) is 33.8 Å². The Balaban J connectivity index is 1.50. The normalized spacial score (nSPS) is 16.3. The van der Waals surface area contributed by atoms with E-state index in [1.54, 1.807) is 13.2 Å². The minimum Gasteiger partial charge on any atom is -0.497 e. The number of aliphatic hydroxyl groups excluding tert-OH is 1. The second-order valence-electron chi connectivity index (χ2n) is 8.32. The molecule has 31 heavy (non-hydrogen) atoms. The van der Waals surface area contributed by atoms with Crippen LogP contribution < -0.4 is 19.7 Å². The van der Waals surface area contributed by atoms with Crippen molar-refractivity contribution in [3.63, 3.8) is 0 Å². The minimum atomic E-state index is -0.539. The molecule has 1 unspecified atom stereocenters. The summed E-state index contributed by atoms with van der Waals surface area (Å²) in [6, 6.07) is 12.7. The largest absolute Gasteiger partial charge is 0.497 e. The van der Waals surface area contributed by atoms with Gasteiger partial charge in [-0.05, 0) is 23.8 Å². The fraction of sp³-hybridized carbons (Fsp3) is 0.500. The Kier molecular flexibility index (Phi) is 9.09. The quantitative estimate of drug-likeness (QED) is 0.427. The zero-order valence-corrected chi connectivity index (χ0v) is 18.6. The molecule has 4 N–H and O–H groups in total. The first-order valence-corrected chi connectivity index (χ1v) is 11.1. The molecule has 0 amide bonds. The van der Waals surface area contributed by atoms with E-state index in [1.807, 2.05) is 30.3 Å². The maximum absolute atomic E-state index is 13.8. The van der Waals surface area contributed by atoms with Crippen LogP contribution in [0.2, 0.25) is 0 Å². The van der Waals surface area contributed by atoms with Gasteiger partial charge in [-0.25, -0.2) is 4.39 Å². The van der Waals surface area contributed by atoms with Gasteiger partial charge in [0.2, 0.25) is 0 Å². The number of ether oxygens (including phenoxy) is 2. The lowest BCUT2D eigenvalue weighted by Crippen LogP contribution is -3.12. The number of quaternary nitrogens is 2. The van der Waals surface area contributed by atoms with E-state index in [4.69, 9.17) is 9.47 Å². The first-order chi connectivity index (χ1) is 15.0. The number of benzene rings is 2. The molecular formula is C24H36FN3O3+2. The number of likely N-dealkylation sites (N-methyl/N-ethyl adjacent to an activating group) is 1. The Morgan fingerprint density at radius 2 is 1.94 bits per heavy atom. The number of hydrogen-bond donors (Lipinski definition) is 3. The maximum Gasteiger partial charge on any atom is 0.131 e. The predicted molar refractivity (Wildman–Crippen MR) is 118 cm³/mol. The van der Waals surface area contributed by atoms with Crippen LogP contribution in [0.25, 0.3) is 0 Å². The van der Waals surface area contributed by atoms with Crippen LogP contribution in [0.1, 0.15) is 11.1 Å². The summed E-state index contributed by atoms with van der Waals surface area (Å²) in [5.41, 5.74) is 1.77. The number of methoxy groups -OCH3 is 1. The summed E-state index contributed by atoms with van der Waals surface area (Å²) in [4.78, 5) is 3.83. The third-order valence-corrected chi connectivity index (χ3v) is 5.82. The average Bonchev–Trinajstić information content (AvgIpc) is 2.78. The standard InChI is InChI=1S/C24H34FN3O3/c1-27-11-13-28(14-12-27)17-21(29)18-31-24-15-22(30-2)8-7-20(24)16-26-10-9-19-5-3-4-6-23(19)25/h3-8,15,21,26,29H,9-14,16-18H2,1-2H3/p+2. The number of aliphatic hydroxyl groups is 1. The number of piperazine rings is 1. The molecule has 0 spiro atoms. The van der Waals surface area contributed by atoms with Crippen molar-refractivity contribution in [2.75, 3.05) is 60.0 Å². The van der Waals surface area contributed by atoms with Gasteiger partial charge in [0.1, 0.15) is 36.6 Å². The molecule has 7 heteroatoms. The van der Waals surface area contributed by atoms with Crippen LogP contribution in [0.4, 0.5) is 4.39 Å². The molecule has 1 fully saturated rings. The number of nitrogens with zero attached hydrogens (tertiary/aromatic N) is 1. The number of halogens is 1. The van der Waals surface area contributed by atoms with E-state index in [2.05, 4.69) is 17.3 Å². The first-order valence-electron chi connectivity index (χ1n) is 11.1. The van der Waals surface area contributed by atoms with Crippen LogP contribution in [0, 0.1) is 5.82 Å². The topological polar surface area (TPSA) is 63.0 Å². The summed E-state index contributed by atoms with van der Waals surface area (Å²) < 4.78 is 25.1. The van der Waals surface area contributed by atoms with Gasteiger partial charge in [0.15, 0.2) is 0 Å². The summed E-state index contributed by atoms with van der Waals surface area (Å²) in [6.07, 6.45) is 0.132. The molecule has 1 aliphatic heterocycles. The molecular weight excluding hydrogens is 397 g/mol. The summed E-state index contributed by atoms with van der Waals surface area (Å²) in [5.74, 6) is 1.30. The highest BCUT2D eigenvalue weighted by Crippen LogP contribution is 2.24. The highest BCUT2D eigenvalue weighted by atomic mass is 19.1. The van der Waals surface area contributed by atoms with Gasteiger partial charge in [-0.15, -0.1) is 0 Å². The van der Waals surface area contributed by atoms with Crippen LogP contribution in [0.3, 0.4) is 0 Å². The maximum atomic E-state index is 13.8. The Morgan fingerprint density at radius 1 is 1.16 bits per heavy atom. The lowest BCUT2D eigenvalue weighted by molar-refractivity contribution is -0.884. The lowest BCUT2D eigenvalue weighted by atomic mass is 10.1. The van der Waals surface area contributed by atoms with Gasteiger partial charge in [-0.2, -0.15) is 0 Å². The number of nitrogens with two attached hydrogens (primary N) is 1. The molecule has 3 rings (SSSR count). The molecule has 0 bridgehead atoms. The van der Waals surface area contributed by atoms with Gasteiger partial charge >= 0.3 is 0 Å². The molecule has 1 atom stereocenters. The zero-order chi connectivity index (χ0) is 22.1. The van der Waals surface area contributed by atoms with Gasteiger partial charge in [-0.1, -0.05) is 18.2 Å². The van der Waals surface area contributed by atoms with Crippen LogP contribution in [-0.4, -0.2) is 76.1 Å². The molecule has 0 radical (unpaired) electrons. The third kappa shape index (κ3) is 7.47. The van der Waals surface area contributed by atoms with Crippen molar-refractivity contribution in [1.29, 1.82) is 0 Å². The molecule has 0 aliphatic carbocycles. The van der Waals surface area contributed by atoms with E-state index in [0.29, 0.717) is 19.5 Å². The molecule has 1 aliphatic rings. The zero-order valence-electron chi connectivity index (χ0n) is 18.6. The van der Waals surface area contributed by atoms with Crippen molar-refractivity contribution in [2.24, 2.45) is 0 Å². The van der Waals surface area contributed by atoms with E-state index < -0.39 is 6.10 Å². The molecule has 6 nitrogen and oxygen atoms in total. The van der Waals surface area contributed by atoms with Crippen molar-refractivity contribution in [3.8, 4) is 11.5 Å². The average molecular weight is 434 g/mol. The second kappa shape index (κ2) is 12.0. The van der Waals surface area contributed by atoms with Gasteiger partial charge in [0.25, 0.3) is 0 Å². The Labute approximate surface area is 184 Å². The monoisotopic (exact) mass is 433 g/mol. The lowest BCUT2D eigenvalue weighted by Gasteiger charge is -2.31. The first kappa shape index (κ1) is 23.5. The number of β-amino-alcohol motifs (C(OH)–C–C–N with tert-alkyl or cyclic N) is 1. The number of hydrogen-bond acceptors (Lipinski definition) is 4. The van der Waals surface area contributed by atoms with Crippen LogP contribution in [-0.2, 0) is 13.0 Å². The van der Waals surface area contributed by atoms with E-state index in [1.165, 1.54) is 11.0 Å². The molecule has 0 aromatic heterocycles. The Hall–Kier alpha value is -2.19. The van der Waals surface area contributed by atoms with Gasteiger partial charge in [0, 0.05) is 37.7 Å². The summed E-state index contributed by atoms with van der Waals surface area (Å²) in [7, 11) is 3.83. The molecule has 2 aromatic rings. The smallest absolute Gasteiger partial charge is 0.131 e. The highest BCUT2D eigenvalue weighted by molar-refractivity contribution is 5.40. The van der Waals surface area contributed by atoms with E-state index in [-0.39, 0.29) is 12.4 Å². The van der Waals surface area contributed by atoms with Crippen LogP contribution in [0.5, 0.6) is 11.5 Å². The predicted octanol–water partition coefficient (Wildman–Crippen LogP) is -0.290. The molecule has 1 heterocycles. The van der Waals surface area contributed by atoms with Gasteiger partial charge in [-0.3, -0.25) is 4.90 Å². The molecule has 2 aromatic carbocycles. The van der Waals surface area contributed by atoms with Crippen LogP contribution in [0.15, 0.2) is 42.5 Å². The van der Waals surface area contributed by atoms with Gasteiger partial charge < -0.3 is 24.8 Å².